The van der Waals surface area contributed by atoms with E-state index in [1.807, 2.05) is 24.0 Å². The summed E-state index contributed by atoms with van der Waals surface area (Å²) < 4.78 is 0. The van der Waals surface area contributed by atoms with Crippen LogP contribution in [0.25, 0.3) is 0 Å². The summed E-state index contributed by atoms with van der Waals surface area (Å²) in [6, 6.07) is 12.1. The molecule has 0 aromatic heterocycles. The van der Waals surface area contributed by atoms with Crippen molar-refractivity contribution in [2.75, 3.05) is 11.4 Å². The summed E-state index contributed by atoms with van der Waals surface area (Å²) in [7, 11) is 0. The van der Waals surface area contributed by atoms with Gasteiger partial charge in [-0.3, -0.25) is 4.79 Å². The second-order valence-corrected chi connectivity index (χ2v) is 6.06. The first kappa shape index (κ1) is 14.0. The number of carbonyl (C=O) groups is 1. The van der Waals surface area contributed by atoms with E-state index >= 15 is 0 Å². The van der Waals surface area contributed by atoms with Gasteiger partial charge in [-0.15, -0.1) is 0 Å². The van der Waals surface area contributed by atoms with Crippen LogP contribution in [0.5, 0.6) is 5.75 Å². The summed E-state index contributed by atoms with van der Waals surface area (Å²) in [4.78, 5) is 19.2. The van der Waals surface area contributed by atoms with Crippen LogP contribution in [0.4, 0.5) is 11.4 Å². The van der Waals surface area contributed by atoms with E-state index in [4.69, 9.17) is 0 Å². The second kappa shape index (κ2) is 4.67. The number of anilines is 1. The Labute approximate surface area is 133 Å². The number of carbonyl (C=O) groups excluding carboxylic acids is 1. The number of phenols is 1. The highest BCUT2D eigenvalue weighted by atomic mass is 16.3. The molecule has 0 radical (unpaired) electrons. The van der Waals surface area contributed by atoms with Gasteiger partial charge in [0.2, 0.25) is 5.78 Å². The molecule has 1 atom stereocenters. The van der Waals surface area contributed by atoms with Gasteiger partial charge < -0.3 is 15.1 Å². The molecule has 1 unspecified atom stereocenters. The maximum atomic E-state index is 12.8. The normalized spacial score (nSPS) is 22.6. The van der Waals surface area contributed by atoms with Crippen molar-refractivity contribution in [1.82, 2.24) is 0 Å². The molecule has 2 heterocycles. The molecule has 2 N–H and O–H groups in total. The van der Waals surface area contributed by atoms with Crippen LogP contribution >= 0.6 is 0 Å². The van der Waals surface area contributed by atoms with Crippen LogP contribution in [0.1, 0.15) is 22.3 Å². The number of amidine groups is 1. The highest BCUT2D eigenvalue weighted by Crippen LogP contribution is 2.39. The molecule has 2 aromatic carbocycles. The number of ketones is 1. The van der Waals surface area contributed by atoms with Gasteiger partial charge in [0, 0.05) is 24.2 Å². The Bertz CT molecular complexity index is 842. The first-order chi connectivity index (χ1) is 11.0. The predicted molar refractivity (Wildman–Crippen MR) is 87.6 cm³/mol. The lowest BCUT2D eigenvalue weighted by atomic mass is 9.87. The largest absolute Gasteiger partial charge is 0.508 e. The van der Waals surface area contributed by atoms with Gasteiger partial charge >= 0.3 is 0 Å². The molecule has 5 heteroatoms. The van der Waals surface area contributed by atoms with Crippen LogP contribution in [-0.2, 0) is 0 Å². The van der Waals surface area contributed by atoms with Gasteiger partial charge in [-0.05, 0) is 43.3 Å². The van der Waals surface area contributed by atoms with Crippen LogP contribution < -0.4 is 4.90 Å². The molecule has 116 valence electrons. The third-order valence-electron chi connectivity index (χ3n) is 4.48. The SMILES string of the molecule is Cc1ccc2c(c1)C(=O)C1(O)CCN(c3ccc(O)cc3)C1=N2. The number of benzene rings is 2. The number of aryl methyl sites for hydroxylation is 1. The number of rotatable bonds is 1. The average Bonchev–Trinajstić information content (AvgIpc) is 2.88. The summed E-state index contributed by atoms with van der Waals surface area (Å²) in [5, 5.41) is 20.4. The Kier molecular flexibility index (Phi) is 2.83. The lowest BCUT2D eigenvalue weighted by Crippen LogP contribution is -2.48. The molecule has 2 aromatic rings. The Balaban J connectivity index is 1.85. The Morgan fingerprint density at radius 1 is 1.17 bits per heavy atom. The third kappa shape index (κ3) is 1.97. The monoisotopic (exact) mass is 308 g/mol. The van der Waals surface area contributed by atoms with E-state index in [1.54, 1.807) is 30.3 Å². The van der Waals surface area contributed by atoms with Crippen molar-refractivity contribution >= 4 is 23.0 Å². The first-order valence-corrected chi connectivity index (χ1v) is 7.52. The Morgan fingerprint density at radius 3 is 2.65 bits per heavy atom. The number of hydrogen-bond acceptors (Lipinski definition) is 5. The van der Waals surface area contributed by atoms with Crippen molar-refractivity contribution in [2.24, 2.45) is 4.99 Å². The van der Waals surface area contributed by atoms with Crippen molar-refractivity contribution in [2.45, 2.75) is 18.9 Å². The fourth-order valence-corrected chi connectivity index (χ4v) is 3.23. The zero-order valence-electron chi connectivity index (χ0n) is 12.7. The van der Waals surface area contributed by atoms with Crippen LogP contribution in [-0.4, -0.2) is 34.0 Å². The van der Waals surface area contributed by atoms with Crippen molar-refractivity contribution in [3.8, 4) is 5.75 Å². The molecule has 2 aliphatic heterocycles. The van der Waals surface area contributed by atoms with Crippen LogP contribution in [0.2, 0.25) is 0 Å². The molecular weight excluding hydrogens is 292 g/mol. The van der Waals surface area contributed by atoms with Crippen molar-refractivity contribution in [1.29, 1.82) is 0 Å². The van der Waals surface area contributed by atoms with E-state index in [0.29, 0.717) is 30.1 Å². The van der Waals surface area contributed by atoms with E-state index in [0.717, 1.165) is 11.3 Å². The summed E-state index contributed by atoms with van der Waals surface area (Å²) in [6.07, 6.45) is 0.304. The second-order valence-electron chi connectivity index (χ2n) is 6.06. The molecule has 4 rings (SSSR count). The number of fused-ring (bicyclic) bond motifs is 2. The van der Waals surface area contributed by atoms with Gasteiger partial charge in [0.15, 0.2) is 5.60 Å². The first-order valence-electron chi connectivity index (χ1n) is 7.52. The number of aliphatic imine (C=N–C) groups is 1. The van der Waals surface area contributed by atoms with Crippen molar-refractivity contribution in [3.05, 3.63) is 53.6 Å². The maximum Gasteiger partial charge on any atom is 0.204 e. The molecule has 1 saturated heterocycles. The fourth-order valence-electron chi connectivity index (χ4n) is 3.23. The summed E-state index contributed by atoms with van der Waals surface area (Å²) in [5.74, 6) is 0.248. The average molecular weight is 308 g/mol. The zero-order valence-corrected chi connectivity index (χ0v) is 12.7. The van der Waals surface area contributed by atoms with E-state index in [2.05, 4.69) is 4.99 Å². The molecule has 0 spiro atoms. The molecule has 23 heavy (non-hydrogen) atoms. The summed E-state index contributed by atoms with van der Waals surface area (Å²) >= 11 is 0. The van der Waals surface area contributed by atoms with Crippen molar-refractivity contribution in [3.63, 3.8) is 0 Å². The number of aliphatic hydroxyl groups is 1. The molecule has 1 fully saturated rings. The zero-order chi connectivity index (χ0) is 16.2. The van der Waals surface area contributed by atoms with Gasteiger partial charge in [0.25, 0.3) is 0 Å². The van der Waals surface area contributed by atoms with Gasteiger partial charge in [-0.2, -0.15) is 0 Å². The summed E-state index contributed by atoms with van der Waals surface area (Å²) in [6.45, 7) is 2.41. The van der Waals surface area contributed by atoms with E-state index in [1.165, 1.54) is 0 Å². The number of hydrogen-bond donors (Lipinski definition) is 2. The van der Waals surface area contributed by atoms with Crippen molar-refractivity contribution < 1.29 is 15.0 Å². The van der Waals surface area contributed by atoms with Gasteiger partial charge in [0.05, 0.1) is 5.69 Å². The minimum absolute atomic E-state index is 0.172. The van der Waals surface area contributed by atoms with Crippen LogP contribution in [0.15, 0.2) is 47.5 Å². The van der Waals surface area contributed by atoms with Crippen LogP contribution in [0, 0.1) is 6.92 Å². The molecule has 2 aliphatic rings. The van der Waals surface area contributed by atoms with Gasteiger partial charge in [-0.1, -0.05) is 11.6 Å². The van der Waals surface area contributed by atoms with E-state index in [-0.39, 0.29) is 11.5 Å². The van der Waals surface area contributed by atoms with E-state index < -0.39 is 5.60 Å². The lowest BCUT2D eigenvalue weighted by Gasteiger charge is -2.29. The minimum Gasteiger partial charge on any atom is -0.508 e. The topological polar surface area (TPSA) is 73.1 Å². The standard InChI is InChI=1S/C18H16N2O3/c1-11-2-7-15-14(10-11)16(22)18(23)8-9-20(17(18)19-15)12-3-5-13(21)6-4-12/h2-7,10,21,23H,8-9H2,1H3. The number of Topliss-reactive ketones (excluding diaryl/α,β-unsaturated/α-hetero) is 1. The Morgan fingerprint density at radius 2 is 1.91 bits per heavy atom. The molecule has 0 aliphatic carbocycles. The van der Waals surface area contributed by atoms with Crippen LogP contribution in [0.3, 0.4) is 0 Å². The molecule has 5 nitrogen and oxygen atoms in total. The Hall–Kier alpha value is -2.66. The maximum absolute atomic E-state index is 12.8. The minimum atomic E-state index is -1.57. The molecule has 0 saturated carbocycles. The van der Waals surface area contributed by atoms with Gasteiger partial charge in [-0.25, -0.2) is 4.99 Å². The fraction of sp³-hybridized carbons (Fsp3) is 0.222. The van der Waals surface area contributed by atoms with E-state index in [9.17, 15) is 15.0 Å². The summed E-state index contributed by atoms with van der Waals surface area (Å²) in [5.41, 5.74) is 1.25. The number of aromatic hydroxyl groups is 1. The quantitative estimate of drug-likeness (QED) is 0.849. The highest BCUT2D eigenvalue weighted by molar-refractivity contribution is 6.28. The lowest BCUT2D eigenvalue weighted by molar-refractivity contribution is 0.0602. The molecule has 0 bridgehead atoms. The third-order valence-corrected chi connectivity index (χ3v) is 4.48. The highest BCUT2D eigenvalue weighted by Gasteiger charge is 2.52. The molecule has 0 amide bonds. The molecular formula is C18H16N2O3. The predicted octanol–water partition coefficient (Wildman–Crippen LogP) is 2.57. The number of nitrogens with zero attached hydrogens (tertiary/aromatic N) is 2. The smallest absolute Gasteiger partial charge is 0.204 e. The number of phenolic OH excluding ortho intramolecular Hbond substituents is 1. The van der Waals surface area contributed by atoms with Gasteiger partial charge in [0.1, 0.15) is 11.6 Å².